The van der Waals surface area contributed by atoms with Crippen LogP contribution in [0.25, 0.3) is 0 Å². The van der Waals surface area contributed by atoms with Gasteiger partial charge in [-0.2, -0.15) is 0 Å². The lowest BCUT2D eigenvalue weighted by atomic mass is 10.2. The maximum Gasteiger partial charge on any atom is 0.240 e. The SMILES string of the molecule is CC(C)N(CCNS(=O)(=O)c1ccc(F)c(Cl)c1)C(C)C. The van der Waals surface area contributed by atoms with Crippen molar-refractivity contribution in [2.75, 3.05) is 13.1 Å². The van der Waals surface area contributed by atoms with Gasteiger partial charge in [0.25, 0.3) is 0 Å². The molecule has 0 fully saturated rings. The minimum Gasteiger partial charge on any atom is -0.297 e. The number of hydrogen-bond donors (Lipinski definition) is 1. The van der Waals surface area contributed by atoms with E-state index in [9.17, 15) is 12.8 Å². The summed E-state index contributed by atoms with van der Waals surface area (Å²) < 4.78 is 39.8. The van der Waals surface area contributed by atoms with E-state index in [2.05, 4.69) is 37.3 Å². The van der Waals surface area contributed by atoms with Crippen LogP contribution < -0.4 is 4.72 Å². The van der Waals surface area contributed by atoms with Crippen LogP contribution in [0.4, 0.5) is 4.39 Å². The first-order valence-electron chi connectivity index (χ1n) is 6.85. The van der Waals surface area contributed by atoms with Crippen LogP contribution in [-0.4, -0.2) is 38.5 Å². The molecule has 0 aliphatic heterocycles. The molecule has 120 valence electrons. The van der Waals surface area contributed by atoms with Gasteiger partial charge in [0.2, 0.25) is 10.0 Å². The topological polar surface area (TPSA) is 49.4 Å². The van der Waals surface area contributed by atoms with Crippen LogP contribution in [0.5, 0.6) is 0 Å². The zero-order chi connectivity index (χ0) is 16.2. The molecule has 0 heterocycles. The number of benzene rings is 1. The van der Waals surface area contributed by atoms with Crippen LogP contribution in [0.3, 0.4) is 0 Å². The lowest BCUT2D eigenvalue weighted by Crippen LogP contribution is -2.42. The number of sulfonamides is 1. The molecule has 0 aliphatic carbocycles. The number of nitrogens with zero attached hydrogens (tertiary/aromatic N) is 1. The number of halogens is 2. The van der Waals surface area contributed by atoms with Crippen molar-refractivity contribution in [3.8, 4) is 0 Å². The van der Waals surface area contributed by atoms with Gasteiger partial charge in [-0.15, -0.1) is 0 Å². The fourth-order valence-corrected chi connectivity index (χ4v) is 3.44. The smallest absolute Gasteiger partial charge is 0.240 e. The molecule has 1 rings (SSSR count). The second kappa shape index (κ2) is 7.54. The Bertz CT molecular complexity index is 568. The zero-order valence-corrected chi connectivity index (χ0v) is 14.3. The Morgan fingerprint density at radius 3 is 2.29 bits per heavy atom. The molecule has 7 heteroatoms. The van der Waals surface area contributed by atoms with Crippen LogP contribution >= 0.6 is 11.6 Å². The van der Waals surface area contributed by atoms with E-state index in [1.165, 1.54) is 6.07 Å². The van der Waals surface area contributed by atoms with E-state index in [0.717, 1.165) is 12.1 Å². The monoisotopic (exact) mass is 336 g/mol. The second-order valence-corrected chi connectivity index (χ2v) is 7.57. The Hall–Kier alpha value is -0.690. The Morgan fingerprint density at radius 1 is 1.24 bits per heavy atom. The fourth-order valence-electron chi connectivity index (χ4n) is 2.15. The van der Waals surface area contributed by atoms with Gasteiger partial charge in [-0.3, -0.25) is 4.90 Å². The van der Waals surface area contributed by atoms with Gasteiger partial charge in [-0.05, 0) is 45.9 Å². The van der Waals surface area contributed by atoms with Crippen molar-refractivity contribution >= 4 is 21.6 Å². The molecule has 0 saturated carbocycles. The summed E-state index contributed by atoms with van der Waals surface area (Å²) in [6.07, 6.45) is 0. The van der Waals surface area contributed by atoms with E-state index >= 15 is 0 Å². The molecule has 0 bridgehead atoms. The van der Waals surface area contributed by atoms with Gasteiger partial charge >= 0.3 is 0 Å². The zero-order valence-electron chi connectivity index (χ0n) is 12.7. The molecule has 4 nitrogen and oxygen atoms in total. The van der Waals surface area contributed by atoms with Crippen LogP contribution in [-0.2, 0) is 10.0 Å². The van der Waals surface area contributed by atoms with Gasteiger partial charge in [0.1, 0.15) is 5.82 Å². The van der Waals surface area contributed by atoms with Crippen molar-refractivity contribution in [2.24, 2.45) is 0 Å². The molecule has 1 N–H and O–H groups in total. The third kappa shape index (κ3) is 5.21. The maximum atomic E-state index is 13.1. The number of rotatable bonds is 7. The molecule has 0 radical (unpaired) electrons. The largest absolute Gasteiger partial charge is 0.297 e. The average molecular weight is 337 g/mol. The van der Waals surface area contributed by atoms with Crippen molar-refractivity contribution in [3.63, 3.8) is 0 Å². The summed E-state index contributed by atoms with van der Waals surface area (Å²) in [5, 5.41) is -0.205. The fraction of sp³-hybridized carbons (Fsp3) is 0.571. The molecular formula is C14H22ClFN2O2S. The quantitative estimate of drug-likeness (QED) is 0.833. The van der Waals surface area contributed by atoms with E-state index in [0.29, 0.717) is 18.6 Å². The summed E-state index contributed by atoms with van der Waals surface area (Å²) in [5.41, 5.74) is 0. The minimum absolute atomic E-state index is 0.0328. The normalized spacial score (nSPS) is 12.6. The Balaban J connectivity index is 2.71. The first-order valence-corrected chi connectivity index (χ1v) is 8.71. The lowest BCUT2D eigenvalue weighted by Gasteiger charge is -2.30. The van der Waals surface area contributed by atoms with Gasteiger partial charge in [0.05, 0.1) is 9.92 Å². The van der Waals surface area contributed by atoms with Crippen molar-refractivity contribution < 1.29 is 12.8 Å². The summed E-state index contributed by atoms with van der Waals surface area (Å²) in [7, 11) is -3.67. The number of nitrogens with one attached hydrogen (secondary N) is 1. The van der Waals surface area contributed by atoms with Gasteiger partial charge in [0, 0.05) is 25.2 Å². The molecule has 0 amide bonds. The minimum atomic E-state index is -3.67. The van der Waals surface area contributed by atoms with Crippen LogP contribution in [0.15, 0.2) is 23.1 Å². The highest BCUT2D eigenvalue weighted by molar-refractivity contribution is 7.89. The summed E-state index contributed by atoms with van der Waals surface area (Å²) in [5.74, 6) is -0.638. The Labute approximate surface area is 131 Å². The van der Waals surface area contributed by atoms with Gasteiger partial charge in [0.15, 0.2) is 0 Å². The first kappa shape index (κ1) is 18.4. The molecular weight excluding hydrogens is 315 g/mol. The van der Waals surface area contributed by atoms with E-state index in [-0.39, 0.29) is 16.5 Å². The van der Waals surface area contributed by atoms with Gasteiger partial charge in [-0.25, -0.2) is 17.5 Å². The lowest BCUT2D eigenvalue weighted by molar-refractivity contribution is 0.179. The molecule has 0 unspecified atom stereocenters. The molecule has 0 aromatic heterocycles. The van der Waals surface area contributed by atoms with Crippen molar-refractivity contribution in [2.45, 2.75) is 44.7 Å². The third-order valence-electron chi connectivity index (χ3n) is 3.19. The predicted molar refractivity (Wildman–Crippen MR) is 83.6 cm³/mol. The average Bonchev–Trinajstić information content (AvgIpc) is 2.36. The van der Waals surface area contributed by atoms with Gasteiger partial charge in [-0.1, -0.05) is 11.6 Å². The highest BCUT2D eigenvalue weighted by Crippen LogP contribution is 2.19. The van der Waals surface area contributed by atoms with Crippen LogP contribution in [0.2, 0.25) is 5.02 Å². The van der Waals surface area contributed by atoms with Gasteiger partial charge < -0.3 is 0 Å². The van der Waals surface area contributed by atoms with Crippen LogP contribution in [0, 0.1) is 5.82 Å². The highest BCUT2D eigenvalue weighted by atomic mass is 35.5. The second-order valence-electron chi connectivity index (χ2n) is 5.40. The molecule has 21 heavy (non-hydrogen) atoms. The van der Waals surface area contributed by atoms with Crippen molar-refractivity contribution in [3.05, 3.63) is 29.0 Å². The molecule has 1 aromatic rings. The Kier molecular flexibility index (Phi) is 6.59. The number of hydrogen-bond acceptors (Lipinski definition) is 3. The van der Waals surface area contributed by atoms with Crippen molar-refractivity contribution in [1.29, 1.82) is 0 Å². The van der Waals surface area contributed by atoms with Crippen molar-refractivity contribution in [1.82, 2.24) is 9.62 Å². The molecule has 0 aliphatic rings. The van der Waals surface area contributed by atoms with E-state index < -0.39 is 15.8 Å². The third-order valence-corrected chi connectivity index (χ3v) is 4.94. The highest BCUT2D eigenvalue weighted by Gasteiger charge is 2.17. The summed E-state index contributed by atoms with van der Waals surface area (Å²) in [4.78, 5) is 2.15. The molecule has 0 saturated heterocycles. The first-order chi connectivity index (χ1) is 9.65. The summed E-state index contributed by atoms with van der Waals surface area (Å²) >= 11 is 5.61. The molecule has 0 atom stereocenters. The van der Waals surface area contributed by atoms with Crippen LogP contribution in [0.1, 0.15) is 27.7 Å². The standard InChI is InChI=1S/C14H22ClFN2O2S/c1-10(2)18(11(3)4)8-7-17-21(19,20)12-5-6-14(16)13(15)9-12/h5-6,9-11,17H,7-8H2,1-4H3. The molecule has 0 spiro atoms. The Morgan fingerprint density at radius 2 is 1.81 bits per heavy atom. The summed E-state index contributed by atoms with van der Waals surface area (Å²) in [6.45, 7) is 9.14. The molecule has 1 aromatic carbocycles. The predicted octanol–water partition coefficient (Wildman–Crippen LogP) is 2.88. The maximum absolute atomic E-state index is 13.1. The van der Waals surface area contributed by atoms with E-state index in [4.69, 9.17) is 11.6 Å². The van der Waals surface area contributed by atoms with E-state index in [1.807, 2.05) is 0 Å². The van der Waals surface area contributed by atoms with E-state index in [1.54, 1.807) is 0 Å². The summed E-state index contributed by atoms with van der Waals surface area (Å²) in [6, 6.07) is 4.02.